The van der Waals surface area contributed by atoms with E-state index in [2.05, 4.69) is 20.6 Å². The Morgan fingerprint density at radius 3 is 2.69 bits per heavy atom. The predicted octanol–water partition coefficient (Wildman–Crippen LogP) is 3.12. The second kappa shape index (κ2) is 7.74. The number of hydrogen-bond donors (Lipinski definition) is 2. The quantitative estimate of drug-likeness (QED) is 0.742. The van der Waals surface area contributed by atoms with Gasteiger partial charge in [-0.05, 0) is 37.6 Å². The second-order valence-corrected chi connectivity index (χ2v) is 5.93. The minimum absolute atomic E-state index is 0.193. The lowest BCUT2D eigenvalue weighted by atomic mass is 10.0. The van der Waals surface area contributed by atoms with Crippen LogP contribution >= 0.6 is 0 Å². The van der Waals surface area contributed by atoms with E-state index < -0.39 is 0 Å². The van der Waals surface area contributed by atoms with Gasteiger partial charge in [-0.15, -0.1) is 0 Å². The van der Waals surface area contributed by atoms with Gasteiger partial charge < -0.3 is 10.6 Å². The maximum absolute atomic E-state index is 12.6. The highest BCUT2D eigenvalue weighted by atomic mass is 16.2. The number of carbonyl (C=O) groups is 2. The van der Waals surface area contributed by atoms with Crippen LogP contribution in [0.15, 0.2) is 54.9 Å². The molecular weight excluding hydrogens is 328 g/mol. The van der Waals surface area contributed by atoms with Gasteiger partial charge in [-0.3, -0.25) is 14.6 Å². The number of aromatic nitrogens is 2. The molecule has 0 saturated carbocycles. The molecule has 0 aliphatic heterocycles. The van der Waals surface area contributed by atoms with Gasteiger partial charge in [0, 0.05) is 24.3 Å². The number of anilines is 1. The van der Waals surface area contributed by atoms with Crippen molar-refractivity contribution in [1.82, 2.24) is 15.3 Å². The Morgan fingerprint density at radius 1 is 1.15 bits per heavy atom. The van der Waals surface area contributed by atoms with Crippen LogP contribution in [-0.4, -0.2) is 28.3 Å². The van der Waals surface area contributed by atoms with E-state index in [4.69, 9.17) is 0 Å². The zero-order chi connectivity index (χ0) is 18.5. The Kier molecular flexibility index (Phi) is 5.22. The Bertz CT molecular complexity index is 941. The van der Waals surface area contributed by atoms with E-state index in [1.54, 1.807) is 31.5 Å². The molecule has 0 spiro atoms. The van der Waals surface area contributed by atoms with Crippen LogP contribution in [0.3, 0.4) is 0 Å². The molecule has 3 rings (SSSR count). The van der Waals surface area contributed by atoms with Crippen molar-refractivity contribution >= 4 is 28.5 Å². The van der Waals surface area contributed by atoms with Crippen molar-refractivity contribution < 1.29 is 9.59 Å². The normalized spacial score (nSPS) is 11.8. The Balaban J connectivity index is 1.92. The summed E-state index contributed by atoms with van der Waals surface area (Å²) in [5, 5.41) is 6.35. The highest BCUT2D eigenvalue weighted by molar-refractivity contribution is 6.08. The molecule has 0 radical (unpaired) electrons. The lowest BCUT2D eigenvalue weighted by Gasteiger charge is -2.14. The topological polar surface area (TPSA) is 84.0 Å². The molecule has 2 aromatic heterocycles. The van der Waals surface area contributed by atoms with Crippen LogP contribution in [0.4, 0.5) is 5.82 Å². The number of nitrogens with one attached hydrogen (secondary N) is 2. The molecule has 2 heterocycles. The van der Waals surface area contributed by atoms with Gasteiger partial charge in [0.25, 0.3) is 5.91 Å². The standard InChI is InChI=1S/C20H20N4O2/c1-3-22-20(26)16-11-18(23-17-9-5-4-8-15(16)17)24-19(25)13(2)14-7-6-10-21-12-14/h4-13H,3H2,1-2H3,(H,22,26)(H,23,24,25). The van der Waals surface area contributed by atoms with Crippen molar-refractivity contribution in [3.05, 3.63) is 66.0 Å². The number of fused-ring (bicyclic) bond motifs is 1. The monoisotopic (exact) mass is 348 g/mol. The minimum atomic E-state index is -0.384. The van der Waals surface area contributed by atoms with Crippen molar-refractivity contribution in [1.29, 1.82) is 0 Å². The van der Waals surface area contributed by atoms with Gasteiger partial charge in [-0.2, -0.15) is 0 Å². The lowest BCUT2D eigenvalue weighted by Crippen LogP contribution is -2.24. The highest BCUT2D eigenvalue weighted by Gasteiger charge is 2.18. The van der Waals surface area contributed by atoms with E-state index in [0.29, 0.717) is 23.4 Å². The predicted molar refractivity (Wildman–Crippen MR) is 101 cm³/mol. The van der Waals surface area contributed by atoms with Gasteiger partial charge in [0.05, 0.1) is 17.0 Å². The van der Waals surface area contributed by atoms with Gasteiger partial charge in [0.2, 0.25) is 5.91 Å². The lowest BCUT2D eigenvalue weighted by molar-refractivity contribution is -0.117. The number of nitrogens with zero attached hydrogens (tertiary/aromatic N) is 2. The summed E-state index contributed by atoms with van der Waals surface area (Å²) < 4.78 is 0. The van der Waals surface area contributed by atoms with Gasteiger partial charge in [-0.1, -0.05) is 24.3 Å². The third kappa shape index (κ3) is 3.69. The molecule has 2 N–H and O–H groups in total. The summed E-state index contributed by atoms with van der Waals surface area (Å²) in [4.78, 5) is 33.5. The Morgan fingerprint density at radius 2 is 1.96 bits per heavy atom. The molecule has 1 aromatic carbocycles. The van der Waals surface area contributed by atoms with E-state index in [9.17, 15) is 9.59 Å². The molecule has 1 atom stereocenters. The molecular formula is C20H20N4O2. The number of carbonyl (C=O) groups excluding carboxylic acids is 2. The van der Waals surface area contributed by atoms with Crippen LogP contribution in [0.5, 0.6) is 0 Å². The third-order valence-electron chi connectivity index (χ3n) is 4.13. The number of hydrogen-bond acceptors (Lipinski definition) is 4. The fourth-order valence-corrected chi connectivity index (χ4v) is 2.70. The number of amides is 2. The molecule has 6 nitrogen and oxygen atoms in total. The summed E-state index contributed by atoms with van der Waals surface area (Å²) >= 11 is 0. The first-order chi connectivity index (χ1) is 12.6. The van der Waals surface area contributed by atoms with Crippen molar-refractivity contribution in [3.8, 4) is 0 Å². The summed E-state index contributed by atoms with van der Waals surface area (Å²) in [5.74, 6) is -0.430. The maximum Gasteiger partial charge on any atom is 0.252 e. The van der Waals surface area contributed by atoms with Gasteiger partial charge in [-0.25, -0.2) is 4.98 Å². The number of pyridine rings is 2. The van der Waals surface area contributed by atoms with Crippen molar-refractivity contribution in [3.63, 3.8) is 0 Å². The van der Waals surface area contributed by atoms with Crippen LogP contribution in [0, 0.1) is 0 Å². The molecule has 0 saturated heterocycles. The zero-order valence-corrected chi connectivity index (χ0v) is 14.7. The molecule has 3 aromatic rings. The summed E-state index contributed by atoms with van der Waals surface area (Å²) in [6, 6.07) is 12.6. The van der Waals surface area contributed by atoms with E-state index in [1.165, 1.54) is 0 Å². The van der Waals surface area contributed by atoms with Crippen LogP contribution < -0.4 is 10.6 Å². The largest absolute Gasteiger partial charge is 0.352 e. The van der Waals surface area contributed by atoms with E-state index in [0.717, 1.165) is 10.9 Å². The fourth-order valence-electron chi connectivity index (χ4n) is 2.70. The van der Waals surface area contributed by atoms with Crippen molar-refractivity contribution in [2.24, 2.45) is 0 Å². The van der Waals surface area contributed by atoms with Gasteiger partial charge >= 0.3 is 0 Å². The summed E-state index contributed by atoms with van der Waals surface area (Å²) in [7, 11) is 0. The smallest absolute Gasteiger partial charge is 0.252 e. The van der Waals surface area contributed by atoms with Gasteiger partial charge in [0.15, 0.2) is 0 Å². The summed E-state index contributed by atoms with van der Waals surface area (Å²) in [6.45, 7) is 4.19. The van der Waals surface area contributed by atoms with Crippen LogP contribution in [0.25, 0.3) is 10.9 Å². The van der Waals surface area contributed by atoms with E-state index in [1.807, 2.05) is 37.3 Å². The average molecular weight is 348 g/mol. The van der Waals surface area contributed by atoms with Crippen molar-refractivity contribution in [2.75, 3.05) is 11.9 Å². The zero-order valence-electron chi connectivity index (χ0n) is 14.7. The van der Waals surface area contributed by atoms with Crippen molar-refractivity contribution in [2.45, 2.75) is 19.8 Å². The average Bonchev–Trinajstić information content (AvgIpc) is 2.67. The van der Waals surface area contributed by atoms with Crippen LogP contribution in [0.1, 0.15) is 35.7 Å². The second-order valence-electron chi connectivity index (χ2n) is 5.93. The molecule has 26 heavy (non-hydrogen) atoms. The first-order valence-electron chi connectivity index (χ1n) is 8.49. The number of benzene rings is 1. The SMILES string of the molecule is CCNC(=O)c1cc(NC(=O)C(C)c2cccnc2)nc2ccccc12. The van der Waals surface area contributed by atoms with E-state index >= 15 is 0 Å². The molecule has 132 valence electrons. The Hall–Kier alpha value is -3.28. The summed E-state index contributed by atoms with van der Waals surface area (Å²) in [6.07, 6.45) is 3.33. The fraction of sp³-hybridized carbons (Fsp3) is 0.200. The molecule has 1 unspecified atom stereocenters. The van der Waals surface area contributed by atoms with Crippen LogP contribution in [-0.2, 0) is 4.79 Å². The first-order valence-corrected chi connectivity index (χ1v) is 8.49. The Labute approximate surface area is 151 Å². The maximum atomic E-state index is 12.6. The van der Waals surface area contributed by atoms with Crippen LogP contribution in [0.2, 0.25) is 0 Å². The molecule has 0 aliphatic rings. The molecule has 0 aliphatic carbocycles. The molecule has 2 amide bonds. The van der Waals surface area contributed by atoms with E-state index in [-0.39, 0.29) is 17.7 Å². The summed E-state index contributed by atoms with van der Waals surface area (Å²) in [5.41, 5.74) is 1.96. The number of para-hydroxylation sites is 1. The molecule has 6 heteroatoms. The third-order valence-corrected chi connectivity index (χ3v) is 4.13. The molecule has 0 fully saturated rings. The number of rotatable bonds is 5. The molecule has 0 bridgehead atoms. The highest BCUT2D eigenvalue weighted by Crippen LogP contribution is 2.22. The van der Waals surface area contributed by atoms with Gasteiger partial charge in [0.1, 0.15) is 5.82 Å². The minimum Gasteiger partial charge on any atom is -0.352 e. The first kappa shape index (κ1) is 17.5.